The van der Waals surface area contributed by atoms with Gasteiger partial charge >= 0.3 is 0 Å². The van der Waals surface area contributed by atoms with Crippen molar-refractivity contribution in [2.24, 2.45) is 5.92 Å². The highest BCUT2D eigenvalue weighted by Crippen LogP contribution is 2.28. The van der Waals surface area contributed by atoms with Crippen molar-refractivity contribution >= 4 is 0 Å². The number of halogens is 1. The van der Waals surface area contributed by atoms with Gasteiger partial charge in [0.15, 0.2) is 0 Å². The van der Waals surface area contributed by atoms with Crippen molar-refractivity contribution in [3.8, 4) is 0 Å². The van der Waals surface area contributed by atoms with Crippen LogP contribution < -0.4 is 5.32 Å². The third-order valence-corrected chi connectivity index (χ3v) is 3.89. The van der Waals surface area contributed by atoms with Crippen LogP contribution in [-0.4, -0.2) is 44.8 Å². The van der Waals surface area contributed by atoms with E-state index in [0.29, 0.717) is 0 Å². The van der Waals surface area contributed by atoms with Gasteiger partial charge in [-0.05, 0) is 38.4 Å². The average Bonchev–Trinajstić information content (AvgIpc) is 3.28. The molecule has 1 aliphatic rings. The highest BCUT2D eigenvalue weighted by molar-refractivity contribution is 5.21. The van der Waals surface area contributed by atoms with Gasteiger partial charge in [0.1, 0.15) is 5.82 Å². The van der Waals surface area contributed by atoms with Crippen molar-refractivity contribution in [3.05, 3.63) is 35.6 Å². The SMILES string of the molecule is CCNC(CN(C)CCOCC1CC1)c1ccccc1F. The maximum Gasteiger partial charge on any atom is 0.128 e. The summed E-state index contributed by atoms with van der Waals surface area (Å²) in [5.41, 5.74) is 0.741. The summed E-state index contributed by atoms with van der Waals surface area (Å²) in [6.07, 6.45) is 2.65. The molecule has 0 bridgehead atoms. The number of hydrogen-bond donors (Lipinski definition) is 1. The average molecular weight is 294 g/mol. The third-order valence-electron chi connectivity index (χ3n) is 3.89. The Hall–Kier alpha value is -0.970. The lowest BCUT2D eigenvalue weighted by molar-refractivity contribution is 0.101. The molecule has 0 saturated heterocycles. The van der Waals surface area contributed by atoms with Crippen LogP contribution in [-0.2, 0) is 4.74 Å². The maximum atomic E-state index is 13.9. The van der Waals surface area contributed by atoms with E-state index in [1.54, 1.807) is 6.07 Å². The molecule has 2 rings (SSSR count). The summed E-state index contributed by atoms with van der Waals surface area (Å²) in [4.78, 5) is 2.20. The monoisotopic (exact) mass is 294 g/mol. The molecule has 0 aliphatic heterocycles. The smallest absolute Gasteiger partial charge is 0.128 e. The molecule has 1 N–H and O–H groups in total. The van der Waals surface area contributed by atoms with Crippen LogP contribution in [0.25, 0.3) is 0 Å². The van der Waals surface area contributed by atoms with E-state index >= 15 is 0 Å². The zero-order valence-corrected chi connectivity index (χ0v) is 13.1. The highest BCUT2D eigenvalue weighted by atomic mass is 19.1. The molecule has 1 aliphatic carbocycles. The van der Waals surface area contributed by atoms with E-state index in [4.69, 9.17) is 4.74 Å². The van der Waals surface area contributed by atoms with Gasteiger partial charge in [0.05, 0.1) is 6.61 Å². The van der Waals surface area contributed by atoms with Crippen LogP contribution in [0.4, 0.5) is 4.39 Å². The molecule has 0 aromatic heterocycles. The van der Waals surface area contributed by atoms with Gasteiger partial charge in [-0.3, -0.25) is 0 Å². The largest absolute Gasteiger partial charge is 0.380 e. The molecule has 118 valence electrons. The zero-order valence-electron chi connectivity index (χ0n) is 13.1. The Morgan fingerprint density at radius 1 is 1.38 bits per heavy atom. The van der Waals surface area contributed by atoms with Crippen LogP contribution >= 0.6 is 0 Å². The standard InChI is InChI=1S/C17H27FN2O/c1-3-19-17(15-6-4-5-7-16(15)18)12-20(2)10-11-21-13-14-8-9-14/h4-7,14,17,19H,3,8-13H2,1-2H3. The summed E-state index contributed by atoms with van der Waals surface area (Å²) in [6.45, 7) is 6.18. The van der Waals surface area contributed by atoms with Crippen LogP contribution in [0.2, 0.25) is 0 Å². The number of nitrogens with zero attached hydrogens (tertiary/aromatic N) is 1. The quantitative estimate of drug-likeness (QED) is 0.672. The lowest BCUT2D eigenvalue weighted by Crippen LogP contribution is -2.35. The molecule has 3 nitrogen and oxygen atoms in total. The molecule has 1 unspecified atom stereocenters. The van der Waals surface area contributed by atoms with Crippen molar-refractivity contribution in [2.75, 3.05) is 39.9 Å². The van der Waals surface area contributed by atoms with Gasteiger partial charge in [0.2, 0.25) is 0 Å². The molecule has 1 aromatic carbocycles. The normalized spacial score (nSPS) is 16.4. The number of likely N-dealkylation sites (N-methyl/N-ethyl adjacent to an activating group) is 2. The first-order valence-electron chi connectivity index (χ1n) is 7.94. The molecule has 1 atom stereocenters. The number of nitrogens with one attached hydrogen (secondary N) is 1. The zero-order chi connectivity index (χ0) is 15.1. The van der Waals surface area contributed by atoms with Gasteiger partial charge in [-0.15, -0.1) is 0 Å². The number of ether oxygens (including phenoxy) is 1. The molecule has 1 saturated carbocycles. The Bertz CT molecular complexity index is 423. The third kappa shape index (κ3) is 5.73. The Morgan fingerprint density at radius 3 is 2.81 bits per heavy atom. The Kier molecular flexibility index (Phi) is 6.61. The van der Waals surface area contributed by atoms with Crippen LogP contribution in [0.5, 0.6) is 0 Å². The number of benzene rings is 1. The van der Waals surface area contributed by atoms with E-state index in [0.717, 1.165) is 44.3 Å². The number of rotatable bonds is 10. The summed E-state index contributed by atoms with van der Waals surface area (Å²) in [7, 11) is 2.06. The first kappa shape index (κ1) is 16.4. The fraction of sp³-hybridized carbons (Fsp3) is 0.647. The molecule has 21 heavy (non-hydrogen) atoms. The van der Waals surface area contributed by atoms with Gasteiger partial charge in [0.25, 0.3) is 0 Å². The second-order valence-electron chi connectivity index (χ2n) is 5.91. The van der Waals surface area contributed by atoms with Crippen LogP contribution in [0.15, 0.2) is 24.3 Å². The summed E-state index contributed by atoms with van der Waals surface area (Å²) in [5.74, 6) is 0.671. The summed E-state index contributed by atoms with van der Waals surface area (Å²) in [5, 5.41) is 3.37. The molecule has 0 radical (unpaired) electrons. The second-order valence-corrected chi connectivity index (χ2v) is 5.91. The molecular formula is C17H27FN2O. The van der Waals surface area contributed by atoms with Crippen molar-refractivity contribution in [3.63, 3.8) is 0 Å². The lowest BCUT2D eigenvalue weighted by Gasteiger charge is -2.25. The number of hydrogen-bond acceptors (Lipinski definition) is 3. The minimum atomic E-state index is -0.137. The first-order chi connectivity index (χ1) is 10.2. The van der Waals surface area contributed by atoms with Crippen LogP contribution in [0.3, 0.4) is 0 Å². The van der Waals surface area contributed by atoms with Gasteiger partial charge in [-0.1, -0.05) is 25.1 Å². The van der Waals surface area contributed by atoms with Crippen molar-refractivity contribution in [2.45, 2.75) is 25.8 Å². The predicted molar refractivity (Wildman–Crippen MR) is 83.9 cm³/mol. The summed E-state index contributed by atoms with van der Waals surface area (Å²) < 4.78 is 19.6. The van der Waals surface area contributed by atoms with Crippen molar-refractivity contribution in [1.29, 1.82) is 0 Å². The van der Waals surface area contributed by atoms with E-state index in [1.165, 1.54) is 18.9 Å². The predicted octanol–water partition coefficient (Wildman–Crippen LogP) is 2.83. The topological polar surface area (TPSA) is 24.5 Å². The highest BCUT2D eigenvalue weighted by Gasteiger charge is 2.21. The molecule has 0 spiro atoms. The van der Waals surface area contributed by atoms with Gasteiger partial charge < -0.3 is 15.0 Å². The Balaban J connectivity index is 1.79. The minimum Gasteiger partial charge on any atom is -0.380 e. The van der Waals surface area contributed by atoms with Crippen molar-refractivity contribution in [1.82, 2.24) is 10.2 Å². The van der Waals surface area contributed by atoms with Crippen molar-refractivity contribution < 1.29 is 9.13 Å². The van der Waals surface area contributed by atoms with E-state index in [1.807, 2.05) is 19.1 Å². The fourth-order valence-corrected chi connectivity index (χ4v) is 2.43. The Labute approximate surface area is 127 Å². The minimum absolute atomic E-state index is 0.0182. The molecule has 4 heteroatoms. The molecule has 1 aromatic rings. The van der Waals surface area contributed by atoms with E-state index in [-0.39, 0.29) is 11.9 Å². The van der Waals surface area contributed by atoms with Gasteiger partial charge in [-0.25, -0.2) is 4.39 Å². The Morgan fingerprint density at radius 2 is 2.14 bits per heavy atom. The lowest BCUT2D eigenvalue weighted by atomic mass is 10.1. The molecular weight excluding hydrogens is 267 g/mol. The van der Waals surface area contributed by atoms with Crippen LogP contribution in [0, 0.1) is 11.7 Å². The summed E-state index contributed by atoms with van der Waals surface area (Å²) >= 11 is 0. The second kappa shape index (κ2) is 8.47. The van der Waals surface area contributed by atoms with E-state index < -0.39 is 0 Å². The molecule has 0 amide bonds. The van der Waals surface area contributed by atoms with Gasteiger partial charge in [0, 0.05) is 31.3 Å². The van der Waals surface area contributed by atoms with E-state index in [9.17, 15) is 4.39 Å². The first-order valence-corrected chi connectivity index (χ1v) is 7.94. The molecule has 1 fully saturated rings. The van der Waals surface area contributed by atoms with Crippen LogP contribution in [0.1, 0.15) is 31.4 Å². The fourth-order valence-electron chi connectivity index (χ4n) is 2.43. The van der Waals surface area contributed by atoms with E-state index in [2.05, 4.69) is 17.3 Å². The van der Waals surface area contributed by atoms with Gasteiger partial charge in [-0.2, -0.15) is 0 Å². The maximum absolute atomic E-state index is 13.9. The molecule has 0 heterocycles. The summed E-state index contributed by atoms with van der Waals surface area (Å²) in [6, 6.07) is 7.03.